The maximum absolute atomic E-state index is 12.2. The minimum atomic E-state index is -3.66. The number of benzene rings is 1. The smallest absolute Gasteiger partial charge is 0.240 e. The van der Waals surface area contributed by atoms with Gasteiger partial charge in [-0.3, -0.25) is 0 Å². The highest BCUT2D eigenvalue weighted by atomic mass is 35.5. The molecule has 0 aliphatic carbocycles. The van der Waals surface area contributed by atoms with Crippen molar-refractivity contribution in [2.75, 3.05) is 6.54 Å². The van der Waals surface area contributed by atoms with Crippen molar-refractivity contribution < 1.29 is 8.42 Å². The van der Waals surface area contributed by atoms with E-state index < -0.39 is 10.0 Å². The molecule has 0 spiro atoms. The van der Waals surface area contributed by atoms with Crippen LogP contribution in [0.3, 0.4) is 0 Å². The van der Waals surface area contributed by atoms with Crippen molar-refractivity contribution in [2.45, 2.75) is 31.2 Å². The third kappa shape index (κ3) is 5.28. The molecule has 3 N–H and O–H groups in total. The van der Waals surface area contributed by atoms with Crippen LogP contribution in [0.25, 0.3) is 0 Å². The van der Waals surface area contributed by atoms with Crippen LogP contribution in [0.1, 0.15) is 20.3 Å². The summed E-state index contributed by atoms with van der Waals surface area (Å²) in [6.45, 7) is 4.26. The van der Waals surface area contributed by atoms with Crippen LogP contribution < -0.4 is 10.5 Å². The lowest BCUT2D eigenvalue weighted by molar-refractivity contribution is 0.465. The number of sulfonamides is 1. The van der Waals surface area contributed by atoms with E-state index in [1.165, 1.54) is 18.2 Å². The second-order valence-corrected chi connectivity index (χ2v) is 7.38. The van der Waals surface area contributed by atoms with Crippen molar-refractivity contribution in [3.05, 3.63) is 28.2 Å². The molecule has 1 aromatic rings. The van der Waals surface area contributed by atoms with E-state index in [2.05, 4.69) is 4.72 Å². The summed E-state index contributed by atoms with van der Waals surface area (Å²) in [5.41, 5.74) is 5.59. The lowest BCUT2D eigenvalue weighted by Gasteiger charge is -2.19. The van der Waals surface area contributed by atoms with Crippen LogP contribution in [0.4, 0.5) is 0 Å². The molecule has 1 unspecified atom stereocenters. The third-order valence-electron chi connectivity index (χ3n) is 2.51. The number of nitrogens with two attached hydrogens (primary N) is 1. The molecule has 0 fully saturated rings. The van der Waals surface area contributed by atoms with Gasteiger partial charge in [0.05, 0.1) is 4.90 Å². The van der Waals surface area contributed by atoms with E-state index in [1.54, 1.807) is 0 Å². The van der Waals surface area contributed by atoms with Gasteiger partial charge in [-0.2, -0.15) is 0 Å². The van der Waals surface area contributed by atoms with Crippen molar-refractivity contribution in [3.63, 3.8) is 0 Å². The van der Waals surface area contributed by atoms with Crippen molar-refractivity contribution in [2.24, 2.45) is 11.7 Å². The fourth-order valence-corrected chi connectivity index (χ4v) is 3.72. The molecule has 0 aliphatic rings. The maximum atomic E-state index is 12.2. The molecule has 7 heteroatoms. The van der Waals surface area contributed by atoms with E-state index in [0.717, 1.165) is 0 Å². The second-order valence-electron chi connectivity index (χ2n) is 4.79. The summed E-state index contributed by atoms with van der Waals surface area (Å²) in [5, 5.41) is 0.557. The molecule has 19 heavy (non-hydrogen) atoms. The zero-order valence-corrected chi connectivity index (χ0v) is 13.2. The van der Waals surface area contributed by atoms with Gasteiger partial charge in [-0.25, -0.2) is 13.1 Å². The summed E-state index contributed by atoms with van der Waals surface area (Å²) in [6, 6.07) is 3.90. The summed E-state index contributed by atoms with van der Waals surface area (Å²) < 4.78 is 27.0. The molecule has 1 aromatic carbocycles. The van der Waals surface area contributed by atoms with Gasteiger partial charge in [0.15, 0.2) is 0 Å². The number of rotatable bonds is 6. The minimum Gasteiger partial charge on any atom is -0.329 e. The number of hydrogen-bond acceptors (Lipinski definition) is 3. The van der Waals surface area contributed by atoms with E-state index in [9.17, 15) is 8.42 Å². The zero-order chi connectivity index (χ0) is 14.6. The highest BCUT2D eigenvalue weighted by molar-refractivity contribution is 7.89. The first-order valence-electron chi connectivity index (χ1n) is 5.93. The summed E-state index contributed by atoms with van der Waals surface area (Å²) in [4.78, 5) is 0.0483. The lowest BCUT2D eigenvalue weighted by Crippen LogP contribution is -2.40. The molecule has 4 nitrogen and oxygen atoms in total. The molecule has 0 saturated carbocycles. The molecule has 108 valence electrons. The van der Waals surface area contributed by atoms with Gasteiger partial charge in [-0.1, -0.05) is 37.0 Å². The van der Waals surface area contributed by atoms with Crippen molar-refractivity contribution in [3.8, 4) is 0 Å². The van der Waals surface area contributed by atoms with Gasteiger partial charge in [-0.15, -0.1) is 0 Å². The first-order chi connectivity index (χ1) is 8.74. The van der Waals surface area contributed by atoms with Gasteiger partial charge in [-0.05, 0) is 30.5 Å². The second kappa shape index (κ2) is 6.90. The molecule has 0 bridgehead atoms. The Bertz CT molecular complexity index is 512. The molecule has 1 rings (SSSR count). The van der Waals surface area contributed by atoms with Gasteiger partial charge in [0.25, 0.3) is 0 Å². The van der Waals surface area contributed by atoms with E-state index in [0.29, 0.717) is 12.3 Å². The summed E-state index contributed by atoms with van der Waals surface area (Å²) in [7, 11) is -3.66. The Morgan fingerprint density at radius 1 is 1.21 bits per heavy atom. The van der Waals surface area contributed by atoms with Gasteiger partial charge in [0.1, 0.15) is 0 Å². The van der Waals surface area contributed by atoms with Crippen LogP contribution in [0.15, 0.2) is 23.1 Å². The number of halogens is 2. The summed E-state index contributed by atoms with van der Waals surface area (Å²) >= 11 is 11.6. The summed E-state index contributed by atoms with van der Waals surface area (Å²) in [5.74, 6) is 0.346. The van der Waals surface area contributed by atoms with Crippen LogP contribution >= 0.6 is 23.2 Å². The molecule has 0 radical (unpaired) electrons. The Hall–Kier alpha value is -0.330. The predicted octanol–water partition coefficient (Wildman–Crippen LogP) is 2.65. The Morgan fingerprint density at radius 3 is 2.16 bits per heavy atom. The molecule has 0 heterocycles. The van der Waals surface area contributed by atoms with Crippen molar-refractivity contribution in [1.29, 1.82) is 0 Å². The van der Waals surface area contributed by atoms with Gasteiger partial charge < -0.3 is 5.73 Å². The Kier molecular flexibility index (Phi) is 6.08. The Morgan fingerprint density at radius 2 is 1.74 bits per heavy atom. The Labute approximate surface area is 124 Å². The quantitative estimate of drug-likeness (QED) is 0.844. The van der Waals surface area contributed by atoms with E-state index in [-0.39, 0.29) is 27.5 Å². The van der Waals surface area contributed by atoms with Crippen LogP contribution in [0, 0.1) is 5.92 Å². The largest absolute Gasteiger partial charge is 0.329 e. The molecule has 0 saturated heterocycles. The average Bonchev–Trinajstić information content (AvgIpc) is 2.25. The number of nitrogens with one attached hydrogen (secondary N) is 1. The third-order valence-corrected chi connectivity index (χ3v) is 4.45. The zero-order valence-electron chi connectivity index (χ0n) is 10.9. The van der Waals surface area contributed by atoms with Crippen LogP contribution in [0.5, 0.6) is 0 Å². The molecule has 1 atom stereocenters. The van der Waals surface area contributed by atoms with Gasteiger partial charge in [0.2, 0.25) is 10.0 Å². The van der Waals surface area contributed by atoms with Crippen molar-refractivity contribution >= 4 is 33.2 Å². The van der Waals surface area contributed by atoms with Gasteiger partial charge in [0, 0.05) is 22.6 Å². The normalized spacial score (nSPS) is 13.8. The monoisotopic (exact) mass is 324 g/mol. The highest BCUT2D eigenvalue weighted by Crippen LogP contribution is 2.22. The molecule has 0 aromatic heterocycles. The maximum Gasteiger partial charge on any atom is 0.240 e. The van der Waals surface area contributed by atoms with Crippen molar-refractivity contribution in [1.82, 2.24) is 4.72 Å². The van der Waals surface area contributed by atoms with Crippen LogP contribution in [-0.4, -0.2) is 21.0 Å². The number of hydrogen-bond donors (Lipinski definition) is 2. The van der Waals surface area contributed by atoms with E-state index in [4.69, 9.17) is 28.9 Å². The standard InChI is InChI=1S/C12H18Cl2N2O2S/c1-8(2)3-11(7-15)16-19(17,18)12-5-9(13)4-10(14)6-12/h4-6,8,11,16H,3,7,15H2,1-2H3. The molecule has 0 aliphatic heterocycles. The molecular formula is C12H18Cl2N2O2S. The highest BCUT2D eigenvalue weighted by Gasteiger charge is 2.20. The fourth-order valence-electron chi connectivity index (χ4n) is 1.73. The van der Waals surface area contributed by atoms with Gasteiger partial charge >= 0.3 is 0 Å². The minimum absolute atomic E-state index is 0.0483. The molecular weight excluding hydrogens is 307 g/mol. The first-order valence-corrected chi connectivity index (χ1v) is 8.17. The van der Waals surface area contributed by atoms with Crippen LogP contribution in [0.2, 0.25) is 10.0 Å². The fraction of sp³-hybridized carbons (Fsp3) is 0.500. The average molecular weight is 325 g/mol. The summed E-state index contributed by atoms with van der Waals surface area (Å²) in [6.07, 6.45) is 0.671. The predicted molar refractivity (Wildman–Crippen MR) is 79.1 cm³/mol. The van der Waals surface area contributed by atoms with E-state index in [1.807, 2.05) is 13.8 Å². The van der Waals surface area contributed by atoms with E-state index >= 15 is 0 Å². The SMILES string of the molecule is CC(C)CC(CN)NS(=O)(=O)c1cc(Cl)cc(Cl)c1. The Balaban J connectivity index is 2.96. The lowest BCUT2D eigenvalue weighted by atomic mass is 10.1. The topological polar surface area (TPSA) is 72.2 Å². The molecule has 0 amide bonds. The first kappa shape index (κ1) is 16.7. The van der Waals surface area contributed by atoms with Crippen LogP contribution in [-0.2, 0) is 10.0 Å².